The molecule has 32 heavy (non-hydrogen) atoms. The van der Waals surface area contributed by atoms with Gasteiger partial charge in [-0.2, -0.15) is 0 Å². The number of carbonyl (C=O) groups excluding carboxylic acids is 1. The zero-order valence-electron chi connectivity index (χ0n) is 16.9. The molecule has 8 heteroatoms. The van der Waals surface area contributed by atoms with Crippen molar-refractivity contribution in [2.45, 2.75) is 6.54 Å². The van der Waals surface area contributed by atoms with Gasteiger partial charge in [-0.15, -0.1) is 11.3 Å². The fourth-order valence-corrected chi connectivity index (χ4v) is 3.87. The highest BCUT2D eigenvalue weighted by molar-refractivity contribution is 7.13. The first-order chi connectivity index (χ1) is 15.6. The molecule has 0 fully saturated rings. The maximum atomic E-state index is 12.1. The summed E-state index contributed by atoms with van der Waals surface area (Å²) in [5, 5.41) is 16.7. The number of hydrogen-bond acceptors (Lipinski definition) is 6. The molecule has 160 valence electrons. The van der Waals surface area contributed by atoms with Crippen molar-refractivity contribution in [3.63, 3.8) is 0 Å². The topological polar surface area (TPSA) is 94.4 Å². The highest BCUT2D eigenvalue weighted by Crippen LogP contribution is 2.29. The van der Waals surface area contributed by atoms with Crippen LogP contribution in [0.2, 0.25) is 0 Å². The lowest BCUT2D eigenvalue weighted by molar-refractivity contribution is -0.385. The standard InChI is InChI=1S/C24H19N3O4S/c28-23(15-31-22-9-5-4-8-21(22)27(29)30)25-14-17-10-12-19(13-11-17)24-26-20(16-32-24)18-6-2-1-3-7-18/h1-13,16H,14-15H2,(H,25,28). The van der Waals surface area contributed by atoms with Crippen molar-refractivity contribution in [3.8, 4) is 27.6 Å². The highest BCUT2D eigenvalue weighted by atomic mass is 32.1. The molecule has 4 rings (SSSR count). The minimum absolute atomic E-state index is 0.0651. The van der Waals surface area contributed by atoms with Gasteiger partial charge >= 0.3 is 5.69 Å². The molecule has 0 aliphatic rings. The lowest BCUT2D eigenvalue weighted by Gasteiger charge is -2.08. The van der Waals surface area contributed by atoms with E-state index >= 15 is 0 Å². The first kappa shape index (κ1) is 21.2. The van der Waals surface area contributed by atoms with Crippen molar-refractivity contribution < 1.29 is 14.5 Å². The van der Waals surface area contributed by atoms with Gasteiger partial charge in [-0.25, -0.2) is 4.98 Å². The van der Waals surface area contributed by atoms with Crippen LogP contribution in [-0.4, -0.2) is 22.4 Å². The molecule has 0 atom stereocenters. The van der Waals surface area contributed by atoms with Crippen LogP contribution in [0.5, 0.6) is 5.75 Å². The molecule has 4 aromatic rings. The zero-order chi connectivity index (χ0) is 22.3. The fourth-order valence-electron chi connectivity index (χ4n) is 3.04. The molecule has 0 radical (unpaired) electrons. The predicted molar refractivity (Wildman–Crippen MR) is 123 cm³/mol. The second-order valence-electron chi connectivity index (χ2n) is 6.89. The Morgan fingerprint density at radius 2 is 1.69 bits per heavy atom. The molecule has 1 N–H and O–H groups in total. The molecule has 0 aliphatic carbocycles. The van der Waals surface area contributed by atoms with Crippen LogP contribution in [0.4, 0.5) is 5.69 Å². The van der Waals surface area contributed by atoms with Gasteiger partial charge in [0.25, 0.3) is 5.91 Å². The van der Waals surface area contributed by atoms with E-state index < -0.39 is 4.92 Å². The Morgan fingerprint density at radius 3 is 2.44 bits per heavy atom. The quantitative estimate of drug-likeness (QED) is 0.301. The van der Waals surface area contributed by atoms with Crippen molar-refractivity contribution in [3.05, 3.63) is 99.9 Å². The Bertz CT molecular complexity index is 1220. The molecule has 1 heterocycles. The first-order valence-corrected chi connectivity index (χ1v) is 10.7. The van der Waals surface area contributed by atoms with Crippen LogP contribution in [0.25, 0.3) is 21.8 Å². The molecular weight excluding hydrogens is 426 g/mol. The maximum absolute atomic E-state index is 12.1. The second-order valence-corrected chi connectivity index (χ2v) is 7.75. The van der Waals surface area contributed by atoms with Crippen LogP contribution in [0, 0.1) is 10.1 Å². The number of benzene rings is 3. The van der Waals surface area contributed by atoms with E-state index in [1.807, 2.05) is 60.0 Å². The van der Waals surface area contributed by atoms with Crippen molar-refractivity contribution in [1.82, 2.24) is 10.3 Å². The molecule has 0 spiro atoms. The zero-order valence-corrected chi connectivity index (χ0v) is 17.7. The lowest BCUT2D eigenvalue weighted by Crippen LogP contribution is -2.28. The van der Waals surface area contributed by atoms with E-state index in [1.54, 1.807) is 23.5 Å². The number of nitrogens with zero attached hydrogens (tertiary/aromatic N) is 2. The van der Waals surface area contributed by atoms with Gasteiger partial charge < -0.3 is 10.1 Å². The van der Waals surface area contributed by atoms with Gasteiger partial charge in [0.05, 0.1) is 10.6 Å². The number of para-hydroxylation sites is 2. The second kappa shape index (κ2) is 9.84. The Morgan fingerprint density at radius 1 is 0.969 bits per heavy atom. The summed E-state index contributed by atoms with van der Waals surface area (Å²) >= 11 is 1.58. The van der Waals surface area contributed by atoms with E-state index in [4.69, 9.17) is 9.72 Å². The lowest BCUT2D eigenvalue weighted by atomic mass is 10.1. The summed E-state index contributed by atoms with van der Waals surface area (Å²) in [4.78, 5) is 27.3. The molecular formula is C24H19N3O4S. The normalized spacial score (nSPS) is 10.5. The van der Waals surface area contributed by atoms with E-state index in [1.165, 1.54) is 12.1 Å². The monoisotopic (exact) mass is 445 g/mol. The number of amides is 1. The van der Waals surface area contributed by atoms with E-state index in [0.717, 1.165) is 27.4 Å². The van der Waals surface area contributed by atoms with E-state index in [0.29, 0.717) is 6.54 Å². The number of ether oxygens (including phenoxy) is 1. The maximum Gasteiger partial charge on any atom is 0.310 e. The summed E-state index contributed by atoms with van der Waals surface area (Å²) in [5.41, 5.74) is 3.78. The van der Waals surface area contributed by atoms with Gasteiger partial charge in [0, 0.05) is 29.1 Å². The van der Waals surface area contributed by atoms with E-state index in [9.17, 15) is 14.9 Å². The third-order valence-corrected chi connectivity index (χ3v) is 5.58. The van der Waals surface area contributed by atoms with Crippen molar-refractivity contribution in [2.24, 2.45) is 0 Å². The van der Waals surface area contributed by atoms with Crippen LogP contribution in [0.3, 0.4) is 0 Å². The number of nitrogens with one attached hydrogen (secondary N) is 1. The van der Waals surface area contributed by atoms with Crippen molar-refractivity contribution in [1.29, 1.82) is 0 Å². The van der Waals surface area contributed by atoms with Gasteiger partial charge in [0.2, 0.25) is 0 Å². The number of nitro benzene ring substituents is 1. The minimum atomic E-state index is -0.542. The summed E-state index contributed by atoms with van der Waals surface area (Å²) < 4.78 is 5.30. The molecule has 0 bridgehead atoms. The number of nitro groups is 1. The molecule has 7 nitrogen and oxygen atoms in total. The van der Waals surface area contributed by atoms with Crippen molar-refractivity contribution >= 4 is 22.9 Å². The Kier molecular flexibility index (Phi) is 6.52. The molecule has 0 saturated heterocycles. The molecule has 0 aliphatic heterocycles. The molecule has 0 saturated carbocycles. The largest absolute Gasteiger partial charge is 0.477 e. The molecule has 1 aromatic heterocycles. The third kappa shape index (κ3) is 5.16. The summed E-state index contributed by atoms with van der Waals surface area (Å²) in [6.07, 6.45) is 0. The average Bonchev–Trinajstić information content (AvgIpc) is 3.33. The minimum Gasteiger partial charge on any atom is -0.477 e. The number of rotatable bonds is 8. The third-order valence-electron chi connectivity index (χ3n) is 4.69. The summed E-state index contributed by atoms with van der Waals surface area (Å²) in [7, 11) is 0. The van der Waals surface area contributed by atoms with Crippen LogP contribution < -0.4 is 10.1 Å². The SMILES string of the molecule is O=C(COc1ccccc1[N+](=O)[O-])NCc1ccc(-c2nc(-c3ccccc3)cs2)cc1. The van der Waals surface area contributed by atoms with Gasteiger partial charge in [0.1, 0.15) is 5.01 Å². The van der Waals surface area contributed by atoms with Gasteiger partial charge in [-0.1, -0.05) is 66.7 Å². The molecule has 0 unspecified atom stereocenters. The van der Waals surface area contributed by atoms with Gasteiger partial charge in [0.15, 0.2) is 12.4 Å². The van der Waals surface area contributed by atoms with Crippen LogP contribution in [0.15, 0.2) is 84.2 Å². The van der Waals surface area contributed by atoms with Crippen LogP contribution in [-0.2, 0) is 11.3 Å². The van der Waals surface area contributed by atoms with Crippen LogP contribution >= 0.6 is 11.3 Å². The smallest absolute Gasteiger partial charge is 0.310 e. The Hall–Kier alpha value is -4.04. The first-order valence-electron chi connectivity index (χ1n) is 9.83. The van der Waals surface area contributed by atoms with Crippen molar-refractivity contribution in [2.75, 3.05) is 6.61 Å². The van der Waals surface area contributed by atoms with Crippen LogP contribution in [0.1, 0.15) is 5.56 Å². The van der Waals surface area contributed by atoms with E-state index in [2.05, 4.69) is 5.32 Å². The predicted octanol–water partition coefficient (Wildman–Crippen LogP) is 5.08. The summed E-state index contributed by atoms with van der Waals surface area (Å²) in [5.74, 6) is -0.296. The molecule has 3 aromatic carbocycles. The average molecular weight is 446 g/mol. The summed E-state index contributed by atoms with van der Waals surface area (Å²) in [6.45, 7) is 0.0246. The number of aromatic nitrogens is 1. The number of hydrogen-bond donors (Lipinski definition) is 1. The molecule has 1 amide bonds. The van der Waals surface area contributed by atoms with E-state index in [-0.39, 0.29) is 24.0 Å². The fraction of sp³-hybridized carbons (Fsp3) is 0.0833. The summed E-state index contributed by atoms with van der Waals surface area (Å²) in [6, 6.07) is 23.8. The Labute approximate surface area is 188 Å². The number of carbonyl (C=O) groups is 1. The Balaban J connectivity index is 1.31. The number of thiazole rings is 1. The van der Waals surface area contributed by atoms with Gasteiger partial charge in [-0.05, 0) is 11.6 Å². The van der Waals surface area contributed by atoms with Gasteiger partial charge in [-0.3, -0.25) is 14.9 Å². The highest BCUT2D eigenvalue weighted by Gasteiger charge is 2.15.